The number of amides is 1. The summed E-state index contributed by atoms with van der Waals surface area (Å²) in [5.74, 6) is 9.54. The van der Waals surface area contributed by atoms with E-state index in [0.717, 1.165) is 19.3 Å². The number of carboxylic acid groups (broad SMARTS) is 1. The quantitative estimate of drug-likeness (QED) is 0.194. The van der Waals surface area contributed by atoms with Crippen molar-refractivity contribution in [3.63, 3.8) is 0 Å². The Morgan fingerprint density at radius 2 is 1.72 bits per heavy atom. The van der Waals surface area contributed by atoms with Crippen LogP contribution >= 0.6 is 23.2 Å². The predicted octanol–water partition coefficient (Wildman–Crippen LogP) is 6.52. The largest absolute Gasteiger partial charge is 0.481 e. The lowest BCUT2D eigenvalue weighted by Gasteiger charge is -2.13. The molecule has 0 aliphatic rings. The number of allylic oxidation sites excluding steroid dienone is 1. The minimum absolute atomic E-state index is 0.117. The SMILES string of the molecule is C=C[C@@H](C#CC#C[C@@H](CCCCCCCCC)NC(=O)c1ccc(Cl)c(Cl)c1)CC(=O)O. The third-order valence-electron chi connectivity index (χ3n) is 4.83. The first-order valence-electron chi connectivity index (χ1n) is 11.0. The van der Waals surface area contributed by atoms with Gasteiger partial charge in [0.2, 0.25) is 0 Å². The Morgan fingerprint density at radius 3 is 2.34 bits per heavy atom. The lowest BCUT2D eigenvalue weighted by molar-refractivity contribution is -0.137. The lowest BCUT2D eigenvalue weighted by atomic mass is 10.0. The van der Waals surface area contributed by atoms with E-state index < -0.39 is 11.9 Å². The van der Waals surface area contributed by atoms with E-state index in [1.807, 2.05) is 0 Å². The van der Waals surface area contributed by atoms with Gasteiger partial charge in [0, 0.05) is 11.5 Å². The summed E-state index contributed by atoms with van der Waals surface area (Å²) >= 11 is 12.0. The van der Waals surface area contributed by atoms with Crippen LogP contribution in [0.1, 0.15) is 75.1 Å². The number of benzene rings is 1. The number of unbranched alkanes of at least 4 members (excludes halogenated alkanes) is 6. The molecular formula is C26H31Cl2NO3. The average Bonchev–Trinajstić information content (AvgIpc) is 2.76. The third-order valence-corrected chi connectivity index (χ3v) is 5.57. The van der Waals surface area contributed by atoms with Gasteiger partial charge in [-0.15, -0.1) is 6.58 Å². The smallest absolute Gasteiger partial charge is 0.304 e. The van der Waals surface area contributed by atoms with Crippen molar-refractivity contribution in [3.05, 3.63) is 46.5 Å². The van der Waals surface area contributed by atoms with E-state index in [1.54, 1.807) is 12.1 Å². The first-order valence-corrected chi connectivity index (χ1v) is 11.7. The van der Waals surface area contributed by atoms with E-state index >= 15 is 0 Å². The molecule has 6 heteroatoms. The molecular weight excluding hydrogens is 445 g/mol. The Hall–Kier alpha value is -2.40. The molecule has 0 aromatic heterocycles. The molecule has 2 N–H and O–H groups in total. The van der Waals surface area contributed by atoms with Gasteiger partial charge in [-0.3, -0.25) is 9.59 Å². The molecule has 1 aromatic carbocycles. The summed E-state index contributed by atoms with van der Waals surface area (Å²) in [5, 5.41) is 12.5. The maximum absolute atomic E-state index is 12.6. The number of aliphatic carboxylic acids is 1. The van der Waals surface area contributed by atoms with Crippen molar-refractivity contribution in [1.82, 2.24) is 5.32 Å². The Kier molecular flexibility index (Phi) is 14.0. The van der Waals surface area contributed by atoms with Crippen LogP contribution in [0.3, 0.4) is 0 Å². The molecule has 0 aliphatic carbocycles. The van der Waals surface area contributed by atoms with Crippen LogP contribution in [0.2, 0.25) is 10.0 Å². The molecule has 0 saturated heterocycles. The van der Waals surface area contributed by atoms with Crippen molar-refractivity contribution in [2.45, 2.75) is 70.8 Å². The van der Waals surface area contributed by atoms with E-state index in [-0.39, 0.29) is 18.4 Å². The Bertz CT molecular complexity index is 890. The molecule has 1 rings (SSSR count). The summed E-state index contributed by atoms with van der Waals surface area (Å²) in [6.07, 6.45) is 10.2. The fraction of sp³-hybridized carbons (Fsp3) is 0.462. The number of nitrogens with one attached hydrogen (secondary N) is 1. The first kappa shape index (κ1) is 27.6. The fourth-order valence-corrected chi connectivity index (χ4v) is 3.30. The van der Waals surface area contributed by atoms with Crippen LogP contribution in [0.25, 0.3) is 0 Å². The standard InChI is InChI=1S/C26H31Cl2NO3/c1-3-5-6-7-8-9-10-14-22(15-12-11-13-20(4-2)18-25(30)31)29-26(32)21-16-17-23(27)24(28)19-21/h4,16-17,19-20,22H,2-3,5-10,14,18H2,1H3,(H,29,32)(H,30,31)/t20-,22+/m0/s1. The molecule has 32 heavy (non-hydrogen) atoms. The van der Waals surface area contributed by atoms with Gasteiger partial charge in [0.15, 0.2) is 0 Å². The molecule has 172 valence electrons. The second kappa shape index (κ2) is 16.3. The van der Waals surface area contributed by atoms with E-state index in [0.29, 0.717) is 22.0 Å². The minimum Gasteiger partial charge on any atom is -0.481 e. The van der Waals surface area contributed by atoms with Gasteiger partial charge in [0.05, 0.1) is 22.5 Å². The molecule has 1 aromatic rings. The average molecular weight is 476 g/mol. The van der Waals surface area contributed by atoms with Gasteiger partial charge in [-0.1, -0.05) is 93.0 Å². The van der Waals surface area contributed by atoms with Gasteiger partial charge in [0.25, 0.3) is 5.91 Å². The van der Waals surface area contributed by atoms with Gasteiger partial charge < -0.3 is 10.4 Å². The monoisotopic (exact) mass is 475 g/mol. The molecule has 0 radical (unpaired) electrons. The number of rotatable bonds is 13. The normalized spacial score (nSPS) is 11.8. The highest BCUT2D eigenvalue weighted by Gasteiger charge is 2.13. The van der Waals surface area contributed by atoms with Crippen molar-refractivity contribution in [1.29, 1.82) is 0 Å². The van der Waals surface area contributed by atoms with Gasteiger partial charge in [-0.2, -0.15) is 0 Å². The predicted molar refractivity (Wildman–Crippen MR) is 132 cm³/mol. The third kappa shape index (κ3) is 11.8. The maximum atomic E-state index is 12.6. The summed E-state index contributed by atoms with van der Waals surface area (Å²) in [7, 11) is 0. The highest BCUT2D eigenvalue weighted by Crippen LogP contribution is 2.22. The summed E-state index contributed by atoms with van der Waals surface area (Å²) in [6, 6.07) is 4.35. The first-order chi connectivity index (χ1) is 15.4. The summed E-state index contributed by atoms with van der Waals surface area (Å²) < 4.78 is 0. The Labute approximate surface area is 201 Å². The topological polar surface area (TPSA) is 66.4 Å². The van der Waals surface area contributed by atoms with Gasteiger partial charge in [0.1, 0.15) is 0 Å². The molecule has 2 atom stereocenters. The lowest BCUT2D eigenvalue weighted by Crippen LogP contribution is -2.33. The van der Waals surface area contributed by atoms with E-state index in [4.69, 9.17) is 28.3 Å². The van der Waals surface area contributed by atoms with Gasteiger partial charge in [-0.05, 0) is 36.5 Å². The van der Waals surface area contributed by atoms with E-state index in [2.05, 4.69) is 42.5 Å². The van der Waals surface area contributed by atoms with Crippen molar-refractivity contribution in [2.24, 2.45) is 5.92 Å². The zero-order valence-corrected chi connectivity index (χ0v) is 20.1. The van der Waals surface area contributed by atoms with Crippen LogP contribution in [-0.4, -0.2) is 23.0 Å². The molecule has 1 amide bonds. The van der Waals surface area contributed by atoms with Crippen molar-refractivity contribution in [3.8, 4) is 23.7 Å². The van der Waals surface area contributed by atoms with Gasteiger partial charge >= 0.3 is 5.97 Å². The van der Waals surface area contributed by atoms with Crippen LogP contribution in [0.5, 0.6) is 0 Å². The molecule has 4 nitrogen and oxygen atoms in total. The second-order valence-electron chi connectivity index (χ2n) is 7.54. The minimum atomic E-state index is -0.942. The molecule has 0 bridgehead atoms. The Morgan fingerprint density at radius 1 is 1.06 bits per heavy atom. The van der Waals surface area contributed by atoms with Crippen LogP contribution < -0.4 is 5.32 Å². The van der Waals surface area contributed by atoms with Gasteiger partial charge in [-0.25, -0.2) is 0 Å². The summed E-state index contributed by atoms with van der Waals surface area (Å²) in [4.78, 5) is 23.5. The van der Waals surface area contributed by atoms with Crippen LogP contribution in [-0.2, 0) is 4.79 Å². The number of hydrogen-bond donors (Lipinski definition) is 2. The highest BCUT2D eigenvalue weighted by molar-refractivity contribution is 6.42. The second-order valence-corrected chi connectivity index (χ2v) is 8.36. The molecule has 0 fully saturated rings. The summed E-state index contributed by atoms with van der Waals surface area (Å²) in [6.45, 7) is 5.80. The van der Waals surface area contributed by atoms with Crippen LogP contribution in [0, 0.1) is 29.6 Å². The summed E-state index contributed by atoms with van der Waals surface area (Å²) in [5.41, 5.74) is 0.407. The molecule has 0 heterocycles. The van der Waals surface area contributed by atoms with E-state index in [9.17, 15) is 9.59 Å². The number of halogens is 2. The maximum Gasteiger partial charge on any atom is 0.304 e. The number of carbonyl (C=O) groups excluding carboxylic acids is 1. The number of carboxylic acids is 1. The van der Waals surface area contributed by atoms with Crippen molar-refractivity contribution >= 4 is 35.1 Å². The van der Waals surface area contributed by atoms with Crippen LogP contribution in [0.4, 0.5) is 0 Å². The van der Waals surface area contributed by atoms with Crippen molar-refractivity contribution < 1.29 is 14.7 Å². The molecule has 0 spiro atoms. The number of hydrogen-bond acceptors (Lipinski definition) is 2. The Balaban J connectivity index is 2.78. The molecule has 0 unspecified atom stereocenters. The zero-order chi connectivity index (χ0) is 23.8. The number of carbonyl (C=O) groups is 2. The van der Waals surface area contributed by atoms with Crippen LogP contribution in [0.15, 0.2) is 30.9 Å². The zero-order valence-electron chi connectivity index (χ0n) is 18.6. The molecule has 0 aliphatic heterocycles. The highest BCUT2D eigenvalue weighted by atomic mass is 35.5. The molecule has 0 saturated carbocycles. The van der Waals surface area contributed by atoms with Crippen molar-refractivity contribution in [2.75, 3.05) is 0 Å². The van der Waals surface area contributed by atoms with E-state index in [1.165, 1.54) is 37.8 Å². The fourth-order valence-electron chi connectivity index (χ4n) is 3.00.